The highest BCUT2D eigenvalue weighted by Crippen LogP contribution is 2.14. The maximum Gasteiger partial charge on any atom is 0.228 e. The third-order valence-electron chi connectivity index (χ3n) is 1.47. The van der Waals surface area contributed by atoms with Gasteiger partial charge < -0.3 is 0 Å². The summed E-state index contributed by atoms with van der Waals surface area (Å²) in [5, 5.41) is 0. The van der Waals surface area contributed by atoms with Crippen molar-refractivity contribution in [2.75, 3.05) is 12.8 Å². The highest BCUT2D eigenvalue weighted by molar-refractivity contribution is 8.22. The Balaban J connectivity index is 2.55. The Kier molecular flexibility index (Phi) is 2.68. The second-order valence-corrected chi connectivity index (χ2v) is 3.56. The van der Waals surface area contributed by atoms with E-state index in [4.69, 9.17) is 12.2 Å². The summed E-state index contributed by atoms with van der Waals surface area (Å²) in [6.07, 6.45) is 3.52. The number of carbonyl (C=O) groups excluding carboxylic acids is 1. The van der Waals surface area contributed by atoms with Crippen LogP contribution in [0.5, 0.6) is 0 Å². The number of rotatable bonds is 0. The molecule has 0 spiro atoms. The van der Waals surface area contributed by atoms with Crippen LogP contribution in [-0.4, -0.2) is 27.9 Å². The highest BCUT2D eigenvalue weighted by Gasteiger charge is 2.22. The van der Waals surface area contributed by atoms with E-state index in [9.17, 15) is 4.79 Å². The molecule has 10 heavy (non-hydrogen) atoms. The van der Waals surface area contributed by atoms with Gasteiger partial charge in [-0.05, 0) is 12.7 Å². The van der Waals surface area contributed by atoms with E-state index in [1.165, 1.54) is 11.8 Å². The number of hydrogen-bond acceptors (Lipinski definition) is 3. The first-order chi connectivity index (χ1) is 4.75. The van der Waals surface area contributed by atoms with E-state index >= 15 is 0 Å². The molecule has 0 atom stereocenters. The van der Waals surface area contributed by atoms with Gasteiger partial charge in [0.05, 0.1) is 0 Å². The lowest BCUT2D eigenvalue weighted by molar-refractivity contribution is -0.124. The van der Waals surface area contributed by atoms with Crippen molar-refractivity contribution in [1.82, 2.24) is 4.90 Å². The van der Waals surface area contributed by atoms with Gasteiger partial charge in [0, 0.05) is 13.0 Å². The van der Waals surface area contributed by atoms with E-state index in [0.29, 0.717) is 10.7 Å². The smallest absolute Gasteiger partial charge is 0.228 e. The molecule has 1 rings (SSSR count). The zero-order chi connectivity index (χ0) is 7.56. The van der Waals surface area contributed by atoms with Gasteiger partial charge in [0.25, 0.3) is 0 Å². The predicted octanol–water partition coefficient (Wildman–Crippen LogP) is 1.26. The summed E-state index contributed by atoms with van der Waals surface area (Å²) >= 11 is 6.42. The van der Waals surface area contributed by atoms with Gasteiger partial charge in [0.15, 0.2) is 0 Å². The van der Waals surface area contributed by atoms with Crippen LogP contribution in [-0.2, 0) is 4.79 Å². The second-order valence-electron chi connectivity index (χ2n) is 2.12. The molecule has 0 bridgehead atoms. The van der Waals surface area contributed by atoms with Crippen LogP contribution in [0, 0.1) is 0 Å². The summed E-state index contributed by atoms with van der Waals surface area (Å²) in [7, 11) is 0. The van der Waals surface area contributed by atoms with Crippen LogP contribution >= 0.6 is 24.0 Å². The molecule has 2 nitrogen and oxygen atoms in total. The van der Waals surface area contributed by atoms with Crippen molar-refractivity contribution in [2.24, 2.45) is 0 Å². The van der Waals surface area contributed by atoms with Gasteiger partial charge in [-0.25, -0.2) is 0 Å². The molecule has 0 aliphatic carbocycles. The quantitative estimate of drug-likeness (QED) is 0.517. The minimum atomic E-state index is 0.180. The molecule has 4 heteroatoms. The van der Waals surface area contributed by atoms with Crippen molar-refractivity contribution in [1.29, 1.82) is 0 Å². The average Bonchev–Trinajstić information content (AvgIpc) is 2.34. The molecule has 1 saturated heterocycles. The van der Waals surface area contributed by atoms with Crippen molar-refractivity contribution < 1.29 is 4.79 Å². The second kappa shape index (κ2) is 3.34. The topological polar surface area (TPSA) is 20.3 Å². The first-order valence-electron chi connectivity index (χ1n) is 3.14. The number of carbonyl (C=O) groups is 1. The fourth-order valence-corrected chi connectivity index (χ4v) is 1.56. The molecule has 0 radical (unpaired) electrons. The summed E-state index contributed by atoms with van der Waals surface area (Å²) in [5.74, 6) is 0.180. The van der Waals surface area contributed by atoms with Gasteiger partial charge in [-0.2, -0.15) is 0 Å². The number of thioether (sulfide) groups is 1. The van der Waals surface area contributed by atoms with Crippen LogP contribution in [0.15, 0.2) is 0 Å². The maximum absolute atomic E-state index is 11.0. The molecular weight excluding hydrogens is 166 g/mol. The van der Waals surface area contributed by atoms with Crippen molar-refractivity contribution >= 4 is 34.2 Å². The standard InChI is InChI=1S/C6H9NOS2/c1-10-6(9)7-4-2-3-5(7)8/h2-4H2,1H3. The minimum absolute atomic E-state index is 0.180. The Morgan fingerprint density at radius 2 is 2.50 bits per heavy atom. The summed E-state index contributed by atoms with van der Waals surface area (Å²) < 4.78 is 0.711. The molecular formula is C6H9NOS2. The molecule has 1 aliphatic heterocycles. The van der Waals surface area contributed by atoms with Crippen molar-refractivity contribution in [2.45, 2.75) is 12.8 Å². The van der Waals surface area contributed by atoms with Gasteiger partial charge in [0.2, 0.25) is 5.91 Å². The van der Waals surface area contributed by atoms with E-state index in [2.05, 4.69) is 0 Å². The SMILES string of the molecule is CSC(=S)N1CCCC1=O. The Bertz CT molecular complexity index is 169. The molecule has 0 saturated carbocycles. The largest absolute Gasteiger partial charge is 0.298 e. The van der Waals surface area contributed by atoms with E-state index < -0.39 is 0 Å². The Morgan fingerprint density at radius 1 is 1.80 bits per heavy atom. The number of likely N-dealkylation sites (tertiary alicyclic amines) is 1. The Hall–Kier alpha value is -0.0900. The first kappa shape index (κ1) is 8.01. The van der Waals surface area contributed by atoms with E-state index in [0.717, 1.165) is 13.0 Å². The third kappa shape index (κ3) is 1.49. The summed E-state index contributed by atoms with van der Waals surface area (Å²) in [4.78, 5) is 12.7. The highest BCUT2D eigenvalue weighted by atomic mass is 32.2. The van der Waals surface area contributed by atoms with Crippen LogP contribution in [0.25, 0.3) is 0 Å². The molecule has 0 unspecified atom stereocenters. The molecule has 56 valence electrons. The molecule has 0 N–H and O–H groups in total. The summed E-state index contributed by atoms with van der Waals surface area (Å²) in [6, 6.07) is 0. The normalized spacial score (nSPS) is 18.1. The average molecular weight is 175 g/mol. The van der Waals surface area contributed by atoms with Gasteiger partial charge in [0.1, 0.15) is 4.32 Å². The fraction of sp³-hybridized carbons (Fsp3) is 0.667. The van der Waals surface area contributed by atoms with Crippen molar-refractivity contribution in [3.8, 4) is 0 Å². The molecule has 0 aromatic rings. The summed E-state index contributed by atoms with van der Waals surface area (Å²) in [5.41, 5.74) is 0. The third-order valence-corrected chi connectivity index (χ3v) is 2.76. The number of nitrogens with zero attached hydrogens (tertiary/aromatic N) is 1. The first-order valence-corrected chi connectivity index (χ1v) is 4.77. The molecule has 1 heterocycles. The lowest BCUT2D eigenvalue weighted by Gasteiger charge is -2.13. The Labute approximate surface area is 70.0 Å². The lowest BCUT2D eigenvalue weighted by atomic mass is 10.4. The van der Waals surface area contributed by atoms with E-state index in [-0.39, 0.29) is 5.91 Å². The molecule has 1 amide bonds. The zero-order valence-corrected chi connectivity index (χ0v) is 7.43. The van der Waals surface area contributed by atoms with Crippen molar-refractivity contribution in [3.05, 3.63) is 0 Å². The minimum Gasteiger partial charge on any atom is -0.298 e. The summed E-state index contributed by atoms with van der Waals surface area (Å²) in [6.45, 7) is 0.818. The predicted molar refractivity (Wildman–Crippen MR) is 47.1 cm³/mol. The monoisotopic (exact) mass is 175 g/mol. The number of hydrogen-bond donors (Lipinski definition) is 0. The van der Waals surface area contributed by atoms with Gasteiger partial charge >= 0.3 is 0 Å². The van der Waals surface area contributed by atoms with Crippen LogP contribution in [0.1, 0.15) is 12.8 Å². The Morgan fingerprint density at radius 3 is 2.90 bits per heavy atom. The fourth-order valence-electron chi connectivity index (χ4n) is 0.951. The molecule has 1 fully saturated rings. The van der Waals surface area contributed by atoms with Crippen LogP contribution in [0.2, 0.25) is 0 Å². The number of thiocarbonyl (C=S) groups is 1. The zero-order valence-electron chi connectivity index (χ0n) is 5.79. The molecule has 0 aromatic heterocycles. The number of amides is 1. The van der Waals surface area contributed by atoms with E-state index in [1.54, 1.807) is 4.90 Å². The van der Waals surface area contributed by atoms with Gasteiger partial charge in [-0.1, -0.05) is 24.0 Å². The van der Waals surface area contributed by atoms with Crippen LogP contribution in [0.4, 0.5) is 0 Å². The van der Waals surface area contributed by atoms with Gasteiger partial charge in [-0.3, -0.25) is 9.69 Å². The lowest BCUT2D eigenvalue weighted by Crippen LogP contribution is -2.27. The maximum atomic E-state index is 11.0. The van der Waals surface area contributed by atoms with Crippen molar-refractivity contribution in [3.63, 3.8) is 0 Å². The van der Waals surface area contributed by atoms with Crippen LogP contribution < -0.4 is 0 Å². The molecule has 0 aromatic carbocycles. The van der Waals surface area contributed by atoms with E-state index in [1.807, 2.05) is 6.26 Å². The van der Waals surface area contributed by atoms with Crippen LogP contribution in [0.3, 0.4) is 0 Å². The molecule has 1 aliphatic rings. The van der Waals surface area contributed by atoms with Gasteiger partial charge in [-0.15, -0.1) is 0 Å².